The molecule has 2 heterocycles. The van der Waals surface area contributed by atoms with Crippen LogP contribution in [0.25, 0.3) is 11.3 Å². The van der Waals surface area contributed by atoms with Crippen molar-refractivity contribution in [2.24, 2.45) is 0 Å². The molecule has 0 spiro atoms. The lowest BCUT2D eigenvalue weighted by Gasteiger charge is -2.09. The van der Waals surface area contributed by atoms with E-state index in [0.29, 0.717) is 22.7 Å². The summed E-state index contributed by atoms with van der Waals surface area (Å²) in [7, 11) is 1.57. The first-order chi connectivity index (χ1) is 11.6. The number of ether oxygens (including phenoxy) is 1. The first-order valence-electron chi connectivity index (χ1n) is 7.41. The zero-order chi connectivity index (χ0) is 17.1. The largest absolute Gasteiger partial charge is 0.497 e. The molecule has 24 heavy (non-hydrogen) atoms. The number of hydrogen-bond acceptors (Lipinski definition) is 4. The van der Waals surface area contributed by atoms with Crippen LogP contribution in [0.15, 0.2) is 53.3 Å². The van der Waals surface area contributed by atoms with Crippen molar-refractivity contribution in [2.45, 2.75) is 13.5 Å². The molecule has 2 aromatic heterocycles. The van der Waals surface area contributed by atoms with Gasteiger partial charge in [-0.15, -0.1) is 0 Å². The number of aryl methyl sites for hydroxylation is 1. The summed E-state index contributed by atoms with van der Waals surface area (Å²) in [5.74, 6) is 0.279. The molecule has 0 amide bonds. The Labute approximate surface area is 138 Å². The van der Waals surface area contributed by atoms with Crippen molar-refractivity contribution in [3.05, 3.63) is 76.1 Å². The van der Waals surface area contributed by atoms with Crippen LogP contribution in [-0.4, -0.2) is 21.9 Å². The molecule has 0 aliphatic carbocycles. The second-order valence-electron chi connectivity index (χ2n) is 5.33. The van der Waals surface area contributed by atoms with Gasteiger partial charge >= 0.3 is 0 Å². The van der Waals surface area contributed by atoms with Gasteiger partial charge in [-0.05, 0) is 25.1 Å². The third-order valence-electron chi connectivity index (χ3n) is 3.54. The van der Waals surface area contributed by atoms with Gasteiger partial charge in [-0.2, -0.15) is 5.10 Å². The Morgan fingerprint density at radius 3 is 2.71 bits per heavy atom. The molecule has 0 atom stereocenters. The monoisotopic (exact) mass is 325 g/mol. The van der Waals surface area contributed by atoms with E-state index < -0.39 is 0 Å². The van der Waals surface area contributed by atoms with E-state index in [1.165, 1.54) is 22.9 Å². The van der Waals surface area contributed by atoms with Gasteiger partial charge in [0.15, 0.2) is 0 Å². The smallest absolute Gasteiger partial charge is 0.267 e. The van der Waals surface area contributed by atoms with Crippen LogP contribution in [0.3, 0.4) is 0 Å². The van der Waals surface area contributed by atoms with Crippen LogP contribution in [-0.2, 0) is 6.54 Å². The lowest BCUT2D eigenvalue weighted by molar-refractivity contribution is 0.412. The molecule has 0 saturated carbocycles. The van der Waals surface area contributed by atoms with Crippen molar-refractivity contribution in [3.8, 4) is 17.0 Å². The van der Waals surface area contributed by atoms with Crippen LogP contribution in [0.1, 0.15) is 11.4 Å². The molecule has 0 radical (unpaired) electrons. The van der Waals surface area contributed by atoms with E-state index in [1.54, 1.807) is 37.4 Å². The van der Waals surface area contributed by atoms with Crippen molar-refractivity contribution in [3.63, 3.8) is 0 Å². The van der Waals surface area contributed by atoms with Gasteiger partial charge < -0.3 is 4.74 Å². The summed E-state index contributed by atoms with van der Waals surface area (Å²) in [4.78, 5) is 16.5. The van der Waals surface area contributed by atoms with E-state index in [0.717, 1.165) is 5.69 Å². The first-order valence-corrected chi connectivity index (χ1v) is 7.41. The van der Waals surface area contributed by atoms with E-state index in [-0.39, 0.29) is 17.9 Å². The Hall–Kier alpha value is -3.02. The van der Waals surface area contributed by atoms with Crippen molar-refractivity contribution in [2.75, 3.05) is 7.11 Å². The van der Waals surface area contributed by atoms with Gasteiger partial charge in [0.2, 0.25) is 0 Å². The molecule has 1 aromatic carbocycles. The Morgan fingerprint density at radius 2 is 1.96 bits per heavy atom. The molecule has 5 nitrogen and oxygen atoms in total. The lowest BCUT2D eigenvalue weighted by atomic mass is 10.1. The fourth-order valence-corrected chi connectivity index (χ4v) is 2.43. The molecule has 6 heteroatoms. The molecular formula is C18H16FN3O2. The normalized spacial score (nSPS) is 10.6. The average molecular weight is 325 g/mol. The highest BCUT2D eigenvalue weighted by Gasteiger charge is 2.09. The summed E-state index contributed by atoms with van der Waals surface area (Å²) in [6.07, 6.45) is 0. The zero-order valence-electron chi connectivity index (χ0n) is 13.4. The van der Waals surface area contributed by atoms with E-state index >= 15 is 0 Å². The molecule has 0 saturated heterocycles. The number of halogens is 1. The molecule has 122 valence electrons. The van der Waals surface area contributed by atoms with Gasteiger partial charge in [0.05, 0.1) is 25.0 Å². The minimum absolute atomic E-state index is 0.180. The van der Waals surface area contributed by atoms with Crippen molar-refractivity contribution < 1.29 is 9.13 Å². The fourth-order valence-electron chi connectivity index (χ4n) is 2.43. The fraction of sp³-hybridized carbons (Fsp3) is 0.167. The number of hydrogen-bond donors (Lipinski definition) is 0. The number of pyridine rings is 1. The first kappa shape index (κ1) is 15.9. The molecule has 0 fully saturated rings. The summed E-state index contributed by atoms with van der Waals surface area (Å²) in [5, 5.41) is 4.27. The van der Waals surface area contributed by atoms with Gasteiger partial charge in [-0.25, -0.2) is 9.07 Å². The standard InChI is InChI=1S/C18H16FN3O2/c1-12-9-14(24-2)10-13(20-12)11-22-18(23)8-7-17(21-22)15-5-3-4-6-16(15)19/h3-10H,11H2,1-2H3. The topological polar surface area (TPSA) is 57.0 Å². The average Bonchev–Trinajstić information content (AvgIpc) is 2.57. The Balaban J connectivity index is 2.00. The minimum Gasteiger partial charge on any atom is -0.497 e. The third-order valence-corrected chi connectivity index (χ3v) is 3.54. The van der Waals surface area contributed by atoms with Crippen LogP contribution in [0.5, 0.6) is 5.75 Å². The second-order valence-corrected chi connectivity index (χ2v) is 5.33. The van der Waals surface area contributed by atoms with Crippen LogP contribution in [0.4, 0.5) is 4.39 Å². The predicted molar refractivity (Wildman–Crippen MR) is 88.5 cm³/mol. The number of nitrogens with zero attached hydrogens (tertiary/aromatic N) is 3. The summed E-state index contributed by atoms with van der Waals surface area (Å²) in [6, 6.07) is 12.8. The molecule has 0 aliphatic rings. The molecule has 0 aliphatic heterocycles. The molecule has 3 rings (SSSR count). The van der Waals surface area contributed by atoms with Crippen LogP contribution in [0.2, 0.25) is 0 Å². The third kappa shape index (κ3) is 3.32. The van der Waals surface area contributed by atoms with E-state index in [2.05, 4.69) is 10.1 Å². The Bertz CT molecular complexity index is 938. The SMILES string of the molecule is COc1cc(C)nc(Cn2nc(-c3ccccc3F)ccc2=O)c1. The molecule has 3 aromatic rings. The van der Waals surface area contributed by atoms with Gasteiger partial charge in [0, 0.05) is 29.5 Å². The predicted octanol–water partition coefficient (Wildman–Crippen LogP) is 2.81. The summed E-state index contributed by atoms with van der Waals surface area (Å²) in [6.45, 7) is 2.02. The quantitative estimate of drug-likeness (QED) is 0.740. The van der Waals surface area contributed by atoms with Crippen molar-refractivity contribution in [1.29, 1.82) is 0 Å². The van der Waals surface area contributed by atoms with E-state index in [1.807, 2.05) is 6.92 Å². The molecule has 0 N–H and O–H groups in total. The maximum atomic E-state index is 13.9. The summed E-state index contributed by atoms with van der Waals surface area (Å²) in [5.41, 5.74) is 1.89. The number of methoxy groups -OCH3 is 1. The Kier molecular flexibility index (Phi) is 4.37. The number of rotatable bonds is 4. The van der Waals surface area contributed by atoms with E-state index in [9.17, 15) is 9.18 Å². The second kappa shape index (κ2) is 6.62. The molecular weight excluding hydrogens is 309 g/mol. The number of aromatic nitrogens is 3. The molecule has 0 bridgehead atoms. The summed E-state index contributed by atoms with van der Waals surface area (Å²) >= 11 is 0. The van der Waals surface area contributed by atoms with Crippen molar-refractivity contribution in [1.82, 2.24) is 14.8 Å². The molecule has 0 unspecified atom stereocenters. The maximum Gasteiger partial charge on any atom is 0.267 e. The minimum atomic E-state index is -0.384. The van der Waals surface area contributed by atoms with Gasteiger partial charge in [0.25, 0.3) is 5.56 Å². The van der Waals surface area contributed by atoms with Gasteiger partial charge in [0.1, 0.15) is 11.6 Å². The highest BCUT2D eigenvalue weighted by atomic mass is 19.1. The number of benzene rings is 1. The Morgan fingerprint density at radius 1 is 1.17 bits per heavy atom. The van der Waals surface area contributed by atoms with Crippen LogP contribution in [0, 0.1) is 12.7 Å². The van der Waals surface area contributed by atoms with E-state index in [4.69, 9.17) is 4.74 Å². The maximum absolute atomic E-state index is 13.9. The highest BCUT2D eigenvalue weighted by molar-refractivity contribution is 5.58. The van der Waals surface area contributed by atoms with Crippen molar-refractivity contribution >= 4 is 0 Å². The zero-order valence-corrected chi connectivity index (χ0v) is 13.4. The lowest BCUT2D eigenvalue weighted by Crippen LogP contribution is -2.23. The van der Waals surface area contributed by atoms with Gasteiger partial charge in [-0.1, -0.05) is 12.1 Å². The van der Waals surface area contributed by atoms with Gasteiger partial charge in [-0.3, -0.25) is 9.78 Å². The summed E-state index contributed by atoms with van der Waals surface area (Å²) < 4.78 is 20.4. The highest BCUT2D eigenvalue weighted by Crippen LogP contribution is 2.19. The van der Waals surface area contributed by atoms with Crippen LogP contribution >= 0.6 is 0 Å². The van der Waals surface area contributed by atoms with Crippen LogP contribution < -0.4 is 10.3 Å².